The van der Waals surface area contributed by atoms with Crippen molar-refractivity contribution in [2.24, 2.45) is 0 Å². The molecule has 8 nitrogen and oxygen atoms in total. The average Bonchev–Trinajstić information content (AvgIpc) is 3.36. The van der Waals surface area contributed by atoms with Crippen molar-refractivity contribution < 1.29 is 14.4 Å². The molecule has 1 amide bonds. The molecule has 3 aromatic rings. The van der Waals surface area contributed by atoms with E-state index < -0.39 is 0 Å². The lowest BCUT2D eigenvalue weighted by atomic mass is 10.2. The maximum absolute atomic E-state index is 13.0. The van der Waals surface area contributed by atoms with Gasteiger partial charge in [-0.2, -0.15) is 10.2 Å². The van der Waals surface area contributed by atoms with Crippen LogP contribution in [0.2, 0.25) is 0 Å². The smallest absolute Gasteiger partial charge is 0.288 e. The molecule has 0 atom stereocenters. The number of thiazole rings is 1. The van der Waals surface area contributed by atoms with Crippen molar-refractivity contribution in [1.82, 2.24) is 19.7 Å². The van der Waals surface area contributed by atoms with Crippen molar-refractivity contribution in [1.29, 1.82) is 0 Å². The van der Waals surface area contributed by atoms with Gasteiger partial charge in [-0.1, -0.05) is 36.8 Å². The third-order valence-corrected chi connectivity index (χ3v) is 4.99. The molecule has 0 aliphatic rings. The standard InChI is InChI=1S/C18H21N5O3S/c1-4-5-9-14-17(22-12-19-11-20-22)27-18(21-14)23(26-3)16(24)13-8-6-7-10-15(13)25-2/h6-8,10-12H,4-5,9H2,1-3H3. The van der Waals surface area contributed by atoms with Crippen LogP contribution in [0.15, 0.2) is 36.9 Å². The number of methoxy groups -OCH3 is 1. The summed E-state index contributed by atoms with van der Waals surface area (Å²) in [5, 5.41) is 6.63. The zero-order valence-electron chi connectivity index (χ0n) is 15.5. The number of hydrogen-bond acceptors (Lipinski definition) is 7. The van der Waals surface area contributed by atoms with Gasteiger partial charge in [-0.3, -0.25) is 9.63 Å². The highest BCUT2D eigenvalue weighted by atomic mass is 32.1. The summed E-state index contributed by atoms with van der Waals surface area (Å²) >= 11 is 1.33. The van der Waals surface area contributed by atoms with Gasteiger partial charge >= 0.3 is 0 Å². The maximum atomic E-state index is 13.0. The van der Waals surface area contributed by atoms with Gasteiger partial charge in [0.2, 0.25) is 5.13 Å². The molecular weight excluding hydrogens is 366 g/mol. The van der Waals surface area contributed by atoms with Gasteiger partial charge < -0.3 is 4.74 Å². The number of hydroxylamine groups is 1. The lowest BCUT2D eigenvalue weighted by molar-refractivity contribution is 0.0770. The molecule has 0 unspecified atom stereocenters. The van der Waals surface area contributed by atoms with E-state index in [1.165, 1.54) is 36.9 Å². The fourth-order valence-electron chi connectivity index (χ4n) is 2.60. The Morgan fingerprint density at radius 3 is 2.78 bits per heavy atom. The van der Waals surface area contributed by atoms with E-state index in [4.69, 9.17) is 9.57 Å². The fraction of sp³-hybridized carbons (Fsp3) is 0.333. The molecule has 9 heteroatoms. The molecular formula is C18H21N5O3S. The van der Waals surface area contributed by atoms with E-state index in [9.17, 15) is 4.79 Å². The Bertz CT molecular complexity index is 894. The third-order valence-electron chi connectivity index (χ3n) is 3.94. The molecule has 0 aliphatic heterocycles. The summed E-state index contributed by atoms with van der Waals surface area (Å²) in [5.74, 6) is 0.125. The second kappa shape index (κ2) is 8.74. The van der Waals surface area contributed by atoms with Crippen LogP contribution in [-0.4, -0.2) is 39.9 Å². The third kappa shape index (κ3) is 3.99. The predicted molar refractivity (Wildman–Crippen MR) is 102 cm³/mol. The van der Waals surface area contributed by atoms with Gasteiger partial charge in [0.15, 0.2) is 0 Å². The molecule has 2 aromatic heterocycles. The van der Waals surface area contributed by atoms with Gasteiger partial charge in [0.05, 0.1) is 25.5 Å². The van der Waals surface area contributed by atoms with E-state index in [1.807, 2.05) is 6.07 Å². The average molecular weight is 387 g/mol. The number of aromatic nitrogens is 4. The number of aryl methyl sites for hydroxylation is 1. The number of hydrogen-bond donors (Lipinski definition) is 0. The molecule has 142 valence electrons. The van der Waals surface area contributed by atoms with Crippen LogP contribution in [0, 0.1) is 0 Å². The number of benzene rings is 1. The second-order valence-corrected chi connectivity index (χ2v) is 6.63. The largest absolute Gasteiger partial charge is 0.496 e. The van der Waals surface area contributed by atoms with Crippen LogP contribution in [0.25, 0.3) is 5.00 Å². The van der Waals surface area contributed by atoms with Crippen molar-refractivity contribution in [2.75, 3.05) is 19.3 Å². The molecule has 1 aromatic carbocycles. The number of amides is 1. The summed E-state index contributed by atoms with van der Waals surface area (Å²) in [4.78, 5) is 27.1. The van der Waals surface area contributed by atoms with Crippen molar-refractivity contribution in [3.63, 3.8) is 0 Å². The molecule has 0 saturated heterocycles. The lowest BCUT2D eigenvalue weighted by Crippen LogP contribution is -2.30. The highest BCUT2D eigenvalue weighted by molar-refractivity contribution is 7.18. The molecule has 0 radical (unpaired) electrons. The van der Waals surface area contributed by atoms with E-state index in [2.05, 4.69) is 22.0 Å². The summed E-state index contributed by atoms with van der Waals surface area (Å²) in [5.41, 5.74) is 1.26. The molecule has 0 spiro atoms. The first-order valence-electron chi connectivity index (χ1n) is 8.55. The van der Waals surface area contributed by atoms with Gasteiger partial charge in [-0.25, -0.2) is 14.6 Å². The molecule has 2 heterocycles. The van der Waals surface area contributed by atoms with Gasteiger partial charge in [-0.05, 0) is 25.0 Å². The molecule has 0 fully saturated rings. The number of ether oxygens (including phenoxy) is 1. The molecule has 3 rings (SSSR count). The van der Waals surface area contributed by atoms with Crippen LogP contribution in [0.4, 0.5) is 5.13 Å². The van der Waals surface area contributed by atoms with Gasteiger partial charge in [0.1, 0.15) is 23.4 Å². The van der Waals surface area contributed by atoms with E-state index in [1.54, 1.807) is 29.2 Å². The zero-order chi connectivity index (χ0) is 19.2. The number of unbranched alkanes of at least 4 members (excludes halogenated alkanes) is 1. The van der Waals surface area contributed by atoms with E-state index in [-0.39, 0.29) is 5.91 Å². The number of rotatable bonds is 8. The Hall–Kier alpha value is -2.78. The minimum atomic E-state index is -0.351. The van der Waals surface area contributed by atoms with Crippen molar-refractivity contribution >= 4 is 22.4 Å². The molecule has 27 heavy (non-hydrogen) atoms. The highest BCUT2D eigenvalue weighted by Crippen LogP contribution is 2.32. The summed E-state index contributed by atoms with van der Waals surface area (Å²) in [6.07, 6.45) is 5.89. The predicted octanol–water partition coefficient (Wildman–Crippen LogP) is 3.28. The zero-order valence-corrected chi connectivity index (χ0v) is 16.3. The minimum Gasteiger partial charge on any atom is -0.496 e. The summed E-state index contributed by atoms with van der Waals surface area (Å²) in [6.45, 7) is 2.12. The molecule has 0 bridgehead atoms. The Morgan fingerprint density at radius 2 is 2.11 bits per heavy atom. The quantitative estimate of drug-likeness (QED) is 0.552. The van der Waals surface area contributed by atoms with Gasteiger partial charge in [0, 0.05) is 0 Å². The Morgan fingerprint density at radius 1 is 1.30 bits per heavy atom. The van der Waals surface area contributed by atoms with Crippen molar-refractivity contribution in [3.8, 4) is 10.8 Å². The highest BCUT2D eigenvalue weighted by Gasteiger charge is 2.26. The number of anilines is 1. The van der Waals surface area contributed by atoms with E-state index >= 15 is 0 Å². The topological polar surface area (TPSA) is 82.4 Å². The summed E-state index contributed by atoms with van der Waals surface area (Å²) in [6, 6.07) is 7.01. The number of carbonyl (C=O) groups is 1. The second-order valence-electron chi connectivity index (χ2n) is 5.67. The van der Waals surface area contributed by atoms with Crippen molar-refractivity contribution in [2.45, 2.75) is 26.2 Å². The lowest BCUT2D eigenvalue weighted by Gasteiger charge is -2.17. The molecule has 0 N–H and O–H groups in total. The van der Waals surface area contributed by atoms with Crippen molar-refractivity contribution in [3.05, 3.63) is 48.2 Å². The molecule has 0 aliphatic carbocycles. The minimum absolute atomic E-state index is 0.351. The Labute approximate surface area is 161 Å². The van der Waals surface area contributed by atoms with Gasteiger partial charge in [0.25, 0.3) is 5.91 Å². The first kappa shape index (κ1) is 19.0. The van der Waals surface area contributed by atoms with Crippen LogP contribution in [0.5, 0.6) is 5.75 Å². The number of carbonyl (C=O) groups excluding carboxylic acids is 1. The summed E-state index contributed by atoms with van der Waals surface area (Å²) in [7, 11) is 2.97. The van der Waals surface area contributed by atoms with Gasteiger partial charge in [-0.15, -0.1) is 0 Å². The van der Waals surface area contributed by atoms with Crippen LogP contribution >= 0.6 is 11.3 Å². The Balaban J connectivity index is 1.98. The van der Waals surface area contributed by atoms with E-state index in [0.29, 0.717) is 16.4 Å². The Kier molecular flexibility index (Phi) is 6.15. The molecule has 0 saturated carbocycles. The van der Waals surface area contributed by atoms with E-state index in [0.717, 1.165) is 30.0 Å². The number of nitrogens with zero attached hydrogens (tertiary/aromatic N) is 5. The first-order valence-corrected chi connectivity index (χ1v) is 9.37. The number of para-hydroxylation sites is 1. The van der Waals surface area contributed by atoms with Crippen LogP contribution in [0.3, 0.4) is 0 Å². The maximum Gasteiger partial charge on any atom is 0.288 e. The SMILES string of the molecule is CCCCc1nc(N(OC)C(=O)c2ccccc2OC)sc1-n1cncn1. The van der Waals surface area contributed by atoms with Crippen LogP contribution in [0.1, 0.15) is 35.8 Å². The van der Waals surface area contributed by atoms with Crippen LogP contribution < -0.4 is 9.80 Å². The fourth-order valence-corrected chi connectivity index (χ4v) is 3.62. The summed E-state index contributed by atoms with van der Waals surface area (Å²) < 4.78 is 6.96. The monoisotopic (exact) mass is 387 g/mol. The van der Waals surface area contributed by atoms with Crippen LogP contribution in [-0.2, 0) is 11.3 Å². The normalized spacial score (nSPS) is 10.8. The first-order chi connectivity index (χ1) is 13.2.